The second-order valence-electron chi connectivity index (χ2n) is 6.84. The van der Waals surface area contributed by atoms with E-state index < -0.39 is 0 Å². The third kappa shape index (κ3) is 5.51. The van der Waals surface area contributed by atoms with Crippen molar-refractivity contribution in [3.63, 3.8) is 0 Å². The van der Waals surface area contributed by atoms with Crippen LogP contribution in [0.25, 0.3) is 21.3 Å². The Hall–Kier alpha value is -3.16. The molecule has 2 amide bonds. The Morgan fingerprint density at radius 3 is 2.29 bits per heavy atom. The molecule has 4 aromatic rings. The standard InChI is InChI=1S/C24H21N3O2S2/c1-2-22(28)26-19-12-13-20-21(14-19)31-24(27-20)30-15-23(29)25-18-10-8-17(9-11-18)16-6-4-3-5-7-16/h3-14H,2,15H2,1H3,(H,25,29)(H,26,28). The van der Waals surface area contributed by atoms with Crippen LogP contribution in [0.4, 0.5) is 11.4 Å². The smallest absolute Gasteiger partial charge is 0.234 e. The summed E-state index contributed by atoms with van der Waals surface area (Å²) in [5.74, 6) is 0.180. The summed E-state index contributed by atoms with van der Waals surface area (Å²) < 4.78 is 1.80. The molecule has 7 heteroatoms. The van der Waals surface area contributed by atoms with Crippen molar-refractivity contribution in [1.29, 1.82) is 0 Å². The predicted molar refractivity (Wildman–Crippen MR) is 130 cm³/mol. The number of aromatic nitrogens is 1. The van der Waals surface area contributed by atoms with Gasteiger partial charge in [0.25, 0.3) is 0 Å². The molecule has 3 aromatic carbocycles. The van der Waals surface area contributed by atoms with Crippen molar-refractivity contribution in [3.05, 3.63) is 72.8 Å². The summed E-state index contributed by atoms with van der Waals surface area (Å²) in [5.41, 5.74) is 4.64. The maximum atomic E-state index is 12.4. The highest BCUT2D eigenvalue weighted by molar-refractivity contribution is 8.01. The molecule has 1 heterocycles. The van der Waals surface area contributed by atoms with Crippen molar-refractivity contribution < 1.29 is 9.59 Å². The molecular weight excluding hydrogens is 426 g/mol. The summed E-state index contributed by atoms with van der Waals surface area (Å²) in [4.78, 5) is 28.5. The van der Waals surface area contributed by atoms with Crippen LogP contribution in [0.2, 0.25) is 0 Å². The minimum absolute atomic E-state index is 0.0214. The van der Waals surface area contributed by atoms with E-state index in [9.17, 15) is 9.59 Å². The van der Waals surface area contributed by atoms with Crippen LogP contribution in [0, 0.1) is 0 Å². The predicted octanol–water partition coefficient (Wildman–Crippen LogP) is 6.04. The molecule has 0 fully saturated rings. The van der Waals surface area contributed by atoms with E-state index in [1.807, 2.05) is 67.6 Å². The van der Waals surface area contributed by atoms with E-state index in [0.717, 1.165) is 37.1 Å². The van der Waals surface area contributed by atoms with Crippen LogP contribution < -0.4 is 10.6 Å². The third-order valence-corrected chi connectivity index (χ3v) is 6.74. The lowest BCUT2D eigenvalue weighted by molar-refractivity contribution is -0.116. The van der Waals surface area contributed by atoms with Gasteiger partial charge in [-0.15, -0.1) is 11.3 Å². The van der Waals surface area contributed by atoms with Crippen LogP contribution in [0.1, 0.15) is 13.3 Å². The number of fused-ring (bicyclic) bond motifs is 1. The molecule has 31 heavy (non-hydrogen) atoms. The number of carbonyl (C=O) groups excluding carboxylic acids is 2. The molecule has 0 bridgehead atoms. The Morgan fingerprint density at radius 1 is 0.871 bits per heavy atom. The van der Waals surface area contributed by atoms with Crippen LogP contribution in [0.15, 0.2) is 77.1 Å². The first-order valence-corrected chi connectivity index (χ1v) is 11.7. The maximum Gasteiger partial charge on any atom is 0.234 e. The monoisotopic (exact) mass is 447 g/mol. The van der Waals surface area contributed by atoms with E-state index in [-0.39, 0.29) is 17.6 Å². The summed E-state index contributed by atoms with van der Waals surface area (Å²) in [6.07, 6.45) is 0.436. The minimum Gasteiger partial charge on any atom is -0.326 e. The molecule has 0 radical (unpaired) electrons. The normalized spacial score (nSPS) is 10.7. The average Bonchev–Trinajstić information content (AvgIpc) is 3.21. The molecule has 1 aromatic heterocycles. The van der Waals surface area contributed by atoms with Gasteiger partial charge in [0, 0.05) is 17.8 Å². The van der Waals surface area contributed by atoms with E-state index in [1.165, 1.54) is 23.1 Å². The fourth-order valence-corrected chi connectivity index (χ4v) is 4.90. The highest BCUT2D eigenvalue weighted by Gasteiger charge is 2.10. The average molecular weight is 448 g/mol. The SMILES string of the molecule is CCC(=O)Nc1ccc2nc(SCC(=O)Nc3ccc(-c4ccccc4)cc3)sc2c1. The van der Waals surface area contributed by atoms with E-state index in [2.05, 4.69) is 27.8 Å². The molecule has 0 aliphatic heterocycles. The van der Waals surface area contributed by atoms with E-state index >= 15 is 0 Å². The second-order valence-corrected chi connectivity index (χ2v) is 9.10. The number of rotatable bonds is 7. The first-order chi connectivity index (χ1) is 15.1. The summed E-state index contributed by atoms with van der Waals surface area (Å²) in [7, 11) is 0. The van der Waals surface area contributed by atoms with Crippen LogP contribution >= 0.6 is 23.1 Å². The number of carbonyl (C=O) groups is 2. The molecule has 0 unspecified atom stereocenters. The Balaban J connectivity index is 1.34. The van der Waals surface area contributed by atoms with Gasteiger partial charge in [-0.25, -0.2) is 4.98 Å². The Kier molecular flexibility index (Phi) is 6.64. The molecular formula is C24H21N3O2S2. The first-order valence-electron chi connectivity index (χ1n) is 9.89. The van der Waals surface area contributed by atoms with Gasteiger partial charge in [-0.3, -0.25) is 9.59 Å². The molecule has 0 spiro atoms. The lowest BCUT2D eigenvalue weighted by atomic mass is 10.1. The van der Waals surface area contributed by atoms with E-state index in [1.54, 1.807) is 0 Å². The third-order valence-electron chi connectivity index (χ3n) is 4.58. The first kappa shape index (κ1) is 21.1. The van der Waals surface area contributed by atoms with Gasteiger partial charge in [-0.1, -0.05) is 61.2 Å². The van der Waals surface area contributed by atoms with Gasteiger partial charge in [0.05, 0.1) is 16.0 Å². The van der Waals surface area contributed by atoms with Gasteiger partial charge in [-0.2, -0.15) is 0 Å². The number of nitrogens with zero attached hydrogens (tertiary/aromatic N) is 1. The molecule has 156 valence electrons. The topological polar surface area (TPSA) is 71.1 Å². The van der Waals surface area contributed by atoms with Gasteiger partial charge in [0.15, 0.2) is 4.34 Å². The fraction of sp³-hybridized carbons (Fsp3) is 0.125. The number of thiazole rings is 1. The van der Waals surface area contributed by atoms with E-state index in [0.29, 0.717) is 6.42 Å². The zero-order valence-corrected chi connectivity index (χ0v) is 18.6. The van der Waals surface area contributed by atoms with Crippen molar-refractivity contribution in [3.8, 4) is 11.1 Å². The van der Waals surface area contributed by atoms with Gasteiger partial charge in [-0.05, 0) is 41.5 Å². The Labute approximate surface area is 188 Å². The minimum atomic E-state index is -0.0763. The van der Waals surface area contributed by atoms with Crippen molar-refractivity contribution in [2.75, 3.05) is 16.4 Å². The number of amides is 2. The quantitative estimate of drug-likeness (QED) is 0.339. The summed E-state index contributed by atoms with van der Waals surface area (Å²) in [6.45, 7) is 1.82. The molecule has 0 aliphatic carbocycles. The molecule has 2 N–H and O–H groups in total. The van der Waals surface area contributed by atoms with Crippen molar-refractivity contribution in [1.82, 2.24) is 4.98 Å². The number of nitrogens with one attached hydrogen (secondary N) is 2. The van der Waals surface area contributed by atoms with Crippen LogP contribution in [-0.4, -0.2) is 22.6 Å². The lowest BCUT2D eigenvalue weighted by Crippen LogP contribution is -2.13. The Morgan fingerprint density at radius 2 is 1.55 bits per heavy atom. The second kappa shape index (κ2) is 9.76. The highest BCUT2D eigenvalue weighted by Crippen LogP contribution is 2.31. The largest absolute Gasteiger partial charge is 0.326 e. The molecule has 0 saturated heterocycles. The fourth-order valence-electron chi connectivity index (χ4n) is 2.99. The van der Waals surface area contributed by atoms with Crippen LogP contribution in [0.5, 0.6) is 0 Å². The molecule has 0 saturated carbocycles. The number of hydrogen-bond acceptors (Lipinski definition) is 5. The number of hydrogen-bond donors (Lipinski definition) is 2. The maximum absolute atomic E-state index is 12.4. The molecule has 0 atom stereocenters. The highest BCUT2D eigenvalue weighted by atomic mass is 32.2. The number of anilines is 2. The molecule has 4 rings (SSSR count). The summed E-state index contributed by atoms with van der Waals surface area (Å²) in [5, 5.41) is 5.79. The zero-order chi connectivity index (χ0) is 21.6. The molecule has 0 aliphatic rings. The van der Waals surface area contributed by atoms with Gasteiger partial charge < -0.3 is 10.6 Å². The summed E-state index contributed by atoms with van der Waals surface area (Å²) >= 11 is 2.92. The van der Waals surface area contributed by atoms with Crippen molar-refractivity contribution >= 4 is 56.5 Å². The Bertz CT molecular complexity index is 1200. The summed E-state index contributed by atoms with van der Waals surface area (Å²) in [6, 6.07) is 23.6. The van der Waals surface area contributed by atoms with Gasteiger partial charge >= 0.3 is 0 Å². The van der Waals surface area contributed by atoms with Crippen LogP contribution in [0.3, 0.4) is 0 Å². The van der Waals surface area contributed by atoms with Gasteiger partial charge in [0.1, 0.15) is 0 Å². The molecule has 5 nitrogen and oxygen atoms in total. The lowest BCUT2D eigenvalue weighted by Gasteiger charge is -2.06. The van der Waals surface area contributed by atoms with Gasteiger partial charge in [0.2, 0.25) is 11.8 Å². The van der Waals surface area contributed by atoms with E-state index in [4.69, 9.17) is 0 Å². The van der Waals surface area contributed by atoms with Crippen molar-refractivity contribution in [2.45, 2.75) is 17.7 Å². The number of thioether (sulfide) groups is 1. The van der Waals surface area contributed by atoms with Crippen molar-refractivity contribution in [2.24, 2.45) is 0 Å². The van der Waals surface area contributed by atoms with Crippen LogP contribution in [-0.2, 0) is 9.59 Å². The zero-order valence-electron chi connectivity index (χ0n) is 16.9. The number of benzene rings is 3.